The molecule has 1 aromatic heterocycles. The second-order valence-electron chi connectivity index (χ2n) is 9.05. The van der Waals surface area contributed by atoms with Gasteiger partial charge in [0, 0.05) is 61.8 Å². The van der Waals surface area contributed by atoms with E-state index < -0.39 is 0 Å². The number of piperazine rings is 1. The molecule has 1 atom stereocenters. The van der Waals surface area contributed by atoms with E-state index in [2.05, 4.69) is 32.8 Å². The van der Waals surface area contributed by atoms with Crippen LogP contribution in [0.3, 0.4) is 0 Å². The Morgan fingerprint density at radius 3 is 2.59 bits per heavy atom. The van der Waals surface area contributed by atoms with Crippen molar-refractivity contribution in [2.45, 2.75) is 13.0 Å². The zero-order valence-electron chi connectivity index (χ0n) is 20.8. The molecule has 5 rings (SSSR count). The number of nitrogens with one attached hydrogen (secondary N) is 3. The molecule has 37 heavy (non-hydrogen) atoms. The third kappa shape index (κ3) is 5.54. The fourth-order valence-corrected chi connectivity index (χ4v) is 4.52. The molecule has 0 bridgehead atoms. The molecule has 4 aromatic rings. The average molecular weight is 496 g/mol. The van der Waals surface area contributed by atoms with Crippen LogP contribution in [0.5, 0.6) is 11.5 Å². The van der Waals surface area contributed by atoms with Crippen molar-refractivity contribution in [2.75, 3.05) is 36.9 Å². The van der Waals surface area contributed by atoms with E-state index in [-0.39, 0.29) is 11.8 Å². The summed E-state index contributed by atoms with van der Waals surface area (Å²) in [4.78, 5) is 31.6. The molecular weight excluding hydrogens is 466 g/mol. The maximum Gasteiger partial charge on any atom is 0.256 e. The lowest BCUT2D eigenvalue weighted by Gasteiger charge is -2.33. The first-order chi connectivity index (χ1) is 18.0. The number of fused-ring (bicyclic) bond motifs is 1. The number of carbonyl (C=O) groups is 2. The van der Waals surface area contributed by atoms with Crippen LogP contribution >= 0.6 is 0 Å². The molecule has 1 unspecified atom stereocenters. The average Bonchev–Trinajstić information content (AvgIpc) is 2.92. The highest BCUT2D eigenvalue weighted by atomic mass is 16.5. The molecule has 0 saturated carbocycles. The third-order valence-corrected chi connectivity index (χ3v) is 6.40. The third-order valence-electron chi connectivity index (χ3n) is 6.40. The van der Waals surface area contributed by atoms with Crippen molar-refractivity contribution in [1.82, 2.24) is 15.6 Å². The predicted octanol–water partition coefficient (Wildman–Crippen LogP) is 4.44. The highest BCUT2D eigenvalue weighted by Crippen LogP contribution is 2.28. The number of hydrogen-bond acceptors (Lipinski definition) is 6. The highest BCUT2D eigenvalue weighted by Gasteiger charge is 2.16. The van der Waals surface area contributed by atoms with Gasteiger partial charge in [0.1, 0.15) is 17.3 Å². The summed E-state index contributed by atoms with van der Waals surface area (Å²) in [7, 11) is 1.61. The van der Waals surface area contributed by atoms with Crippen LogP contribution in [-0.2, 0) is 0 Å². The fourth-order valence-electron chi connectivity index (χ4n) is 4.52. The van der Waals surface area contributed by atoms with Crippen LogP contribution in [0.15, 0.2) is 79.0 Å². The van der Waals surface area contributed by atoms with Crippen LogP contribution in [0.1, 0.15) is 27.6 Å². The van der Waals surface area contributed by atoms with E-state index in [1.165, 1.54) is 0 Å². The quantitative estimate of drug-likeness (QED) is 0.366. The van der Waals surface area contributed by atoms with Gasteiger partial charge in [-0.25, -0.2) is 4.98 Å². The number of benzene rings is 3. The van der Waals surface area contributed by atoms with Crippen LogP contribution in [0.4, 0.5) is 11.5 Å². The predicted molar refractivity (Wildman–Crippen MR) is 146 cm³/mol. The minimum absolute atomic E-state index is 0.137. The summed E-state index contributed by atoms with van der Waals surface area (Å²) in [6.07, 6.45) is 1.59. The first kappa shape index (κ1) is 24.3. The molecule has 1 aliphatic heterocycles. The summed E-state index contributed by atoms with van der Waals surface area (Å²) in [6, 6.07) is 22.6. The lowest BCUT2D eigenvalue weighted by molar-refractivity contribution is 0.0963. The van der Waals surface area contributed by atoms with Gasteiger partial charge in [-0.05, 0) is 72.3 Å². The molecule has 8 nitrogen and oxygen atoms in total. The molecule has 0 radical (unpaired) electrons. The van der Waals surface area contributed by atoms with Crippen LogP contribution in [0.2, 0.25) is 0 Å². The maximum absolute atomic E-state index is 12.8. The van der Waals surface area contributed by atoms with E-state index >= 15 is 0 Å². The molecule has 2 heterocycles. The van der Waals surface area contributed by atoms with Gasteiger partial charge in [-0.1, -0.05) is 12.1 Å². The fraction of sp³-hybridized carbons (Fsp3) is 0.207. The van der Waals surface area contributed by atoms with Crippen LogP contribution in [-0.4, -0.2) is 49.5 Å². The van der Waals surface area contributed by atoms with Gasteiger partial charge < -0.3 is 25.6 Å². The number of amides is 2. The van der Waals surface area contributed by atoms with E-state index in [9.17, 15) is 9.59 Å². The van der Waals surface area contributed by atoms with Gasteiger partial charge in [-0.2, -0.15) is 0 Å². The molecule has 3 N–H and O–H groups in total. The number of pyridine rings is 1. The summed E-state index contributed by atoms with van der Waals surface area (Å²) in [5.74, 6) is 1.17. The number of rotatable bonds is 6. The van der Waals surface area contributed by atoms with Crippen molar-refractivity contribution in [3.05, 3.63) is 90.1 Å². The summed E-state index contributed by atoms with van der Waals surface area (Å²) >= 11 is 0. The van der Waals surface area contributed by atoms with E-state index in [0.29, 0.717) is 34.5 Å². The number of ether oxygens (including phenoxy) is 1. The number of anilines is 2. The summed E-state index contributed by atoms with van der Waals surface area (Å²) in [6.45, 7) is 5.00. The Kier molecular flexibility index (Phi) is 7.00. The number of carbonyl (C=O) groups excluding carboxylic acids is 2. The smallest absolute Gasteiger partial charge is 0.256 e. The van der Waals surface area contributed by atoms with Gasteiger partial charge in [0.15, 0.2) is 0 Å². The Morgan fingerprint density at radius 2 is 1.81 bits per heavy atom. The monoisotopic (exact) mass is 495 g/mol. The zero-order chi connectivity index (χ0) is 25.8. The molecule has 0 aliphatic carbocycles. The van der Waals surface area contributed by atoms with Crippen LogP contribution in [0.25, 0.3) is 10.8 Å². The summed E-state index contributed by atoms with van der Waals surface area (Å²) < 4.78 is 6.03. The van der Waals surface area contributed by atoms with Gasteiger partial charge in [-0.15, -0.1) is 0 Å². The summed E-state index contributed by atoms with van der Waals surface area (Å²) in [5, 5.41) is 10.7. The van der Waals surface area contributed by atoms with E-state index in [1.807, 2.05) is 54.6 Å². The molecule has 1 fully saturated rings. The SMILES string of the molecule is CNC(=O)c1cccc2cc(Oc3ccnc(NC(=O)c4ccc(N5CCNC(C)C5)cc4)c3)ccc12. The minimum Gasteiger partial charge on any atom is -0.457 e. The number of aromatic nitrogens is 1. The number of hydrogen-bond donors (Lipinski definition) is 3. The largest absolute Gasteiger partial charge is 0.457 e. The second-order valence-corrected chi connectivity index (χ2v) is 9.05. The van der Waals surface area contributed by atoms with Crippen molar-refractivity contribution in [1.29, 1.82) is 0 Å². The molecule has 3 aromatic carbocycles. The molecule has 1 aliphatic rings. The first-order valence-corrected chi connectivity index (χ1v) is 12.3. The van der Waals surface area contributed by atoms with Gasteiger partial charge in [0.25, 0.3) is 11.8 Å². The normalized spacial score (nSPS) is 15.3. The maximum atomic E-state index is 12.8. The first-order valence-electron chi connectivity index (χ1n) is 12.3. The van der Waals surface area contributed by atoms with Crippen molar-refractivity contribution >= 4 is 34.1 Å². The number of nitrogens with zero attached hydrogens (tertiary/aromatic N) is 2. The van der Waals surface area contributed by atoms with E-state index in [0.717, 1.165) is 36.1 Å². The van der Waals surface area contributed by atoms with Crippen LogP contribution < -0.4 is 25.6 Å². The molecule has 188 valence electrons. The summed E-state index contributed by atoms with van der Waals surface area (Å²) in [5.41, 5.74) is 2.27. The molecule has 2 amide bonds. The van der Waals surface area contributed by atoms with E-state index in [1.54, 1.807) is 31.4 Å². The molecular formula is C29H29N5O3. The topological polar surface area (TPSA) is 95.6 Å². The van der Waals surface area contributed by atoms with Gasteiger partial charge in [0.05, 0.1) is 0 Å². The molecule has 1 saturated heterocycles. The lowest BCUT2D eigenvalue weighted by atomic mass is 10.0. The lowest BCUT2D eigenvalue weighted by Crippen LogP contribution is -2.49. The zero-order valence-corrected chi connectivity index (χ0v) is 20.8. The Balaban J connectivity index is 1.27. The Bertz CT molecular complexity index is 1440. The molecule has 8 heteroatoms. The Labute approximate surface area is 215 Å². The van der Waals surface area contributed by atoms with E-state index in [4.69, 9.17) is 4.74 Å². The highest BCUT2D eigenvalue weighted by molar-refractivity contribution is 6.07. The minimum atomic E-state index is -0.239. The van der Waals surface area contributed by atoms with Crippen LogP contribution in [0, 0.1) is 0 Å². The van der Waals surface area contributed by atoms with Gasteiger partial charge >= 0.3 is 0 Å². The molecule has 0 spiro atoms. The van der Waals surface area contributed by atoms with Crippen molar-refractivity contribution in [3.63, 3.8) is 0 Å². The second kappa shape index (κ2) is 10.7. The van der Waals surface area contributed by atoms with Gasteiger partial charge in [0.2, 0.25) is 0 Å². The van der Waals surface area contributed by atoms with Crippen molar-refractivity contribution in [3.8, 4) is 11.5 Å². The van der Waals surface area contributed by atoms with Crippen molar-refractivity contribution < 1.29 is 14.3 Å². The van der Waals surface area contributed by atoms with Crippen molar-refractivity contribution in [2.24, 2.45) is 0 Å². The van der Waals surface area contributed by atoms with Gasteiger partial charge in [-0.3, -0.25) is 9.59 Å². The Hall–Kier alpha value is -4.43. The Morgan fingerprint density at radius 1 is 1.00 bits per heavy atom. The standard InChI is InChI=1S/C29H29N5O3/c1-19-18-34(15-14-31-19)22-8-6-20(7-9-22)28(35)33-27-17-24(12-13-32-27)37-23-10-11-25-21(16-23)4-3-5-26(25)29(36)30-2/h3-13,16-17,19,31H,14-15,18H2,1-2H3,(H,30,36)(H,32,33,35).